The van der Waals surface area contributed by atoms with E-state index < -0.39 is 5.97 Å². The predicted octanol–water partition coefficient (Wildman–Crippen LogP) is 3.89. The number of piperidine rings is 1. The summed E-state index contributed by atoms with van der Waals surface area (Å²) in [7, 11) is 0. The van der Waals surface area contributed by atoms with Gasteiger partial charge in [0.2, 0.25) is 5.91 Å². The molecule has 1 aliphatic heterocycles. The maximum Gasteiger partial charge on any atom is 0.335 e. The van der Waals surface area contributed by atoms with Gasteiger partial charge in [0.1, 0.15) is 0 Å². The van der Waals surface area contributed by atoms with Crippen LogP contribution in [0.25, 0.3) is 0 Å². The Morgan fingerprint density at radius 1 is 1.07 bits per heavy atom. The Labute approximate surface area is 170 Å². The van der Waals surface area contributed by atoms with Crippen molar-refractivity contribution in [3.05, 3.63) is 64.7 Å². The Bertz CT molecular complexity index is 921. The number of benzene rings is 2. The number of aryl methyl sites for hydroxylation is 1. The first kappa shape index (κ1) is 20.6. The molecule has 0 radical (unpaired) electrons. The smallest absolute Gasteiger partial charge is 0.335 e. The first-order valence-corrected chi connectivity index (χ1v) is 9.89. The second kappa shape index (κ2) is 8.90. The molecule has 0 saturated carbocycles. The number of hydrogen-bond acceptors (Lipinski definition) is 3. The summed E-state index contributed by atoms with van der Waals surface area (Å²) in [4.78, 5) is 38.0. The van der Waals surface area contributed by atoms with Crippen LogP contribution in [0, 0.1) is 6.92 Å². The number of nitrogens with one attached hydrogen (secondary N) is 1. The van der Waals surface area contributed by atoms with Crippen LogP contribution in [0.2, 0.25) is 0 Å². The number of carboxylic acids is 1. The quantitative estimate of drug-likeness (QED) is 0.805. The zero-order chi connectivity index (χ0) is 21.0. The lowest BCUT2D eigenvalue weighted by Gasteiger charge is -2.33. The fourth-order valence-electron chi connectivity index (χ4n) is 3.65. The van der Waals surface area contributed by atoms with Crippen molar-refractivity contribution in [2.75, 3.05) is 11.9 Å². The number of aromatic carboxylic acids is 1. The van der Waals surface area contributed by atoms with Gasteiger partial charge in [0.25, 0.3) is 5.91 Å². The highest BCUT2D eigenvalue weighted by molar-refractivity contribution is 5.97. The average molecular weight is 394 g/mol. The van der Waals surface area contributed by atoms with Gasteiger partial charge < -0.3 is 15.3 Å². The van der Waals surface area contributed by atoms with Crippen molar-refractivity contribution in [1.82, 2.24) is 4.90 Å². The number of hydrogen-bond donors (Lipinski definition) is 2. The Morgan fingerprint density at radius 3 is 2.38 bits per heavy atom. The SMILES string of the molecule is Cc1cc(C(=O)N2CCCCC2C)ccc1NC(=O)Cc1ccc(C(=O)O)cc1. The van der Waals surface area contributed by atoms with Gasteiger partial charge in [-0.2, -0.15) is 0 Å². The lowest BCUT2D eigenvalue weighted by atomic mass is 10.0. The van der Waals surface area contributed by atoms with Gasteiger partial charge >= 0.3 is 5.97 Å². The zero-order valence-corrected chi connectivity index (χ0v) is 16.8. The van der Waals surface area contributed by atoms with E-state index in [0.29, 0.717) is 11.3 Å². The number of likely N-dealkylation sites (tertiary alicyclic amines) is 1. The maximum atomic E-state index is 12.8. The first-order valence-electron chi connectivity index (χ1n) is 9.89. The second-order valence-corrected chi connectivity index (χ2v) is 7.60. The van der Waals surface area contributed by atoms with Crippen molar-refractivity contribution in [2.45, 2.75) is 45.6 Å². The molecule has 1 saturated heterocycles. The minimum Gasteiger partial charge on any atom is -0.478 e. The molecular weight excluding hydrogens is 368 g/mol. The van der Waals surface area contributed by atoms with E-state index in [1.54, 1.807) is 24.3 Å². The van der Waals surface area contributed by atoms with Gasteiger partial charge in [-0.05, 0) is 74.6 Å². The van der Waals surface area contributed by atoms with Crippen molar-refractivity contribution in [3.8, 4) is 0 Å². The number of carbonyl (C=O) groups excluding carboxylic acids is 2. The van der Waals surface area contributed by atoms with E-state index in [1.165, 1.54) is 12.1 Å². The highest BCUT2D eigenvalue weighted by Gasteiger charge is 2.24. The highest BCUT2D eigenvalue weighted by atomic mass is 16.4. The molecule has 0 aliphatic carbocycles. The van der Waals surface area contributed by atoms with Crippen LogP contribution in [-0.2, 0) is 11.2 Å². The van der Waals surface area contributed by atoms with E-state index in [0.717, 1.165) is 36.9 Å². The second-order valence-electron chi connectivity index (χ2n) is 7.60. The topological polar surface area (TPSA) is 86.7 Å². The van der Waals surface area contributed by atoms with E-state index in [4.69, 9.17) is 5.11 Å². The van der Waals surface area contributed by atoms with Crippen LogP contribution in [-0.4, -0.2) is 40.4 Å². The standard InChI is InChI=1S/C23H26N2O4/c1-15-13-19(22(27)25-12-4-3-5-16(25)2)10-11-20(15)24-21(26)14-17-6-8-18(9-7-17)23(28)29/h6-11,13,16H,3-5,12,14H2,1-2H3,(H,24,26)(H,28,29). The Balaban J connectivity index is 1.64. The molecule has 1 fully saturated rings. The first-order chi connectivity index (χ1) is 13.8. The van der Waals surface area contributed by atoms with Crippen LogP contribution < -0.4 is 5.32 Å². The maximum absolute atomic E-state index is 12.8. The summed E-state index contributed by atoms with van der Waals surface area (Å²) in [5.41, 5.74) is 3.05. The molecule has 1 heterocycles. The van der Waals surface area contributed by atoms with Crippen LogP contribution in [0.5, 0.6) is 0 Å². The van der Waals surface area contributed by atoms with Gasteiger partial charge in [-0.3, -0.25) is 9.59 Å². The third-order valence-corrected chi connectivity index (χ3v) is 5.38. The van der Waals surface area contributed by atoms with Gasteiger partial charge in [-0.15, -0.1) is 0 Å². The van der Waals surface area contributed by atoms with Crippen molar-refractivity contribution in [3.63, 3.8) is 0 Å². The Hall–Kier alpha value is -3.15. The number of amides is 2. The molecule has 152 valence electrons. The monoisotopic (exact) mass is 394 g/mol. The molecule has 6 nitrogen and oxygen atoms in total. The summed E-state index contributed by atoms with van der Waals surface area (Å²) < 4.78 is 0. The summed E-state index contributed by atoms with van der Waals surface area (Å²) in [5, 5.41) is 11.8. The fourth-order valence-corrected chi connectivity index (χ4v) is 3.65. The van der Waals surface area contributed by atoms with Crippen molar-refractivity contribution >= 4 is 23.5 Å². The third kappa shape index (κ3) is 5.02. The highest BCUT2D eigenvalue weighted by Crippen LogP contribution is 2.22. The number of rotatable bonds is 5. The van der Waals surface area contributed by atoms with E-state index in [-0.39, 0.29) is 29.8 Å². The number of anilines is 1. The zero-order valence-electron chi connectivity index (χ0n) is 16.8. The lowest BCUT2D eigenvalue weighted by Crippen LogP contribution is -2.42. The Kier molecular flexibility index (Phi) is 6.32. The number of nitrogens with zero attached hydrogens (tertiary/aromatic N) is 1. The van der Waals surface area contributed by atoms with E-state index >= 15 is 0 Å². The molecule has 0 aromatic heterocycles. The van der Waals surface area contributed by atoms with Crippen LogP contribution in [0.3, 0.4) is 0 Å². The summed E-state index contributed by atoms with van der Waals surface area (Å²) >= 11 is 0. The molecule has 2 N–H and O–H groups in total. The molecule has 0 spiro atoms. The number of carboxylic acid groups (broad SMARTS) is 1. The van der Waals surface area contributed by atoms with Crippen molar-refractivity contribution in [2.24, 2.45) is 0 Å². The average Bonchev–Trinajstić information content (AvgIpc) is 2.69. The van der Waals surface area contributed by atoms with Gasteiger partial charge in [-0.25, -0.2) is 4.79 Å². The fraction of sp³-hybridized carbons (Fsp3) is 0.348. The summed E-state index contributed by atoms with van der Waals surface area (Å²) in [6.07, 6.45) is 3.38. The van der Waals surface area contributed by atoms with Gasteiger partial charge in [0, 0.05) is 23.8 Å². The van der Waals surface area contributed by atoms with Crippen molar-refractivity contribution in [1.29, 1.82) is 0 Å². The molecule has 2 amide bonds. The largest absolute Gasteiger partial charge is 0.478 e. The molecule has 6 heteroatoms. The van der Waals surface area contributed by atoms with E-state index in [9.17, 15) is 14.4 Å². The molecule has 29 heavy (non-hydrogen) atoms. The predicted molar refractivity (Wildman–Crippen MR) is 111 cm³/mol. The summed E-state index contributed by atoms with van der Waals surface area (Å²) in [5.74, 6) is -1.15. The van der Waals surface area contributed by atoms with Crippen molar-refractivity contribution < 1.29 is 19.5 Å². The van der Waals surface area contributed by atoms with E-state index in [2.05, 4.69) is 12.2 Å². The molecule has 3 rings (SSSR count). The molecule has 2 aromatic carbocycles. The number of carbonyl (C=O) groups is 3. The minimum absolute atomic E-state index is 0.0386. The van der Waals surface area contributed by atoms with Gasteiger partial charge in [-0.1, -0.05) is 12.1 Å². The molecule has 1 atom stereocenters. The summed E-state index contributed by atoms with van der Waals surface area (Å²) in [6.45, 7) is 4.74. The molecule has 2 aromatic rings. The van der Waals surface area contributed by atoms with E-state index in [1.807, 2.05) is 17.9 Å². The molecule has 1 aliphatic rings. The molecule has 0 bridgehead atoms. The van der Waals surface area contributed by atoms with Crippen LogP contribution in [0.1, 0.15) is 58.0 Å². The normalized spacial score (nSPS) is 16.3. The van der Waals surface area contributed by atoms with Crippen LogP contribution in [0.15, 0.2) is 42.5 Å². The van der Waals surface area contributed by atoms with Crippen LogP contribution >= 0.6 is 0 Å². The van der Waals surface area contributed by atoms with Crippen LogP contribution in [0.4, 0.5) is 5.69 Å². The molecular formula is C23H26N2O4. The Morgan fingerprint density at radius 2 is 1.76 bits per heavy atom. The van der Waals surface area contributed by atoms with Gasteiger partial charge in [0.05, 0.1) is 12.0 Å². The molecule has 1 unspecified atom stereocenters. The third-order valence-electron chi connectivity index (χ3n) is 5.38. The van der Waals surface area contributed by atoms with Gasteiger partial charge in [0.15, 0.2) is 0 Å². The summed E-state index contributed by atoms with van der Waals surface area (Å²) in [6, 6.07) is 11.8. The minimum atomic E-state index is -0.995. The lowest BCUT2D eigenvalue weighted by molar-refractivity contribution is -0.115.